The minimum absolute atomic E-state index is 0.0372. The summed E-state index contributed by atoms with van der Waals surface area (Å²) in [5, 5.41) is 6.43. The van der Waals surface area contributed by atoms with Gasteiger partial charge in [0.1, 0.15) is 5.82 Å². The second kappa shape index (κ2) is 5.44. The Morgan fingerprint density at radius 2 is 2.00 bits per heavy atom. The molecule has 0 amide bonds. The molecule has 1 aromatic carbocycles. The molecule has 1 atom stereocenters. The maximum absolute atomic E-state index is 12.1. The normalized spacial score (nSPS) is 13.2. The fourth-order valence-electron chi connectivity index (χ4n) is 1.85. The van der Waals surface area contributed by atoms with Gasteiger partial charge in [-0.3, -0.25) is 9.82 Å². The number of hydrogen-bond donors (Lipinski definition) is 2. The minimum atomic E-state index is -3.40. The lowest BCUT2D eigenvalue weighted by molar-refractivity contribution is 0.595. The Bertz CT molecular complexity index is 635. The van der Waals surface area contributed by atoms with E-state index in [1.807, 2.05) is 37.3 Å². The first-order valence-electron chi connectivity index (χ1n) is 6.03. The van der Waals surface area contributed by atoms with E-state index in [1.54, 1.807) is 13.1 Å². The lowest BCUT2D eigenvalue weighted by atomic mass is 10.0. The highest BCUT2D eigenvalue weighted by molar-refractivity contribution is 7.92. The Labute approximate surface area is 113 Å². The van der Waals surface area contributed by atoms with Crippen LogP contribution >= 0.6 is 0 Å². The zero-order valence-electron chi connectivity index (χ0n) is 10.9. The van der Waals surface area contributed by atoms with Crippen molar-refractivity contribution in [3.05, 3.63) is 47.7 Å². The molecule has 0 bridgehead atoms. The number of nitrogens with zero attached hydrogens (tertiary/aromatic N) is 1. The predicted molar refractivity (Wildman–Crippen MR) is 75.6 cm³/mol. The van der Waals surface area contributed by atoms with Gasteiger partial charge in [0.15, 0.2) is 0 Å². The van der Waals surface area contributed by atoms with Gasteiger partial charge in [-0.1, -0.05) is 37.3 Å². The van der Waals surface area contributed by atoms with E-state index in [4.69, 9.17) is 0 Å². The molecule has 1 aromatic heterocycles. The third-order valence-corrected chi connectivity index (χ3v) is 4.38. The summed E-state index contributed by atoms with van der Waals surface area (Å²) in [6.07, 6.45) is 1.58. The molecule has 0 aliphatic carbocycles. The maximum atomic E-state index is 12.1. The molecule has 0 saturated heterocycles. The Morgan fingerprint density at radius 3 is 2.58 bits per heavy atom. The second-order valence-corrected chi connectivity index (χ2v) is 6.39. The molecule has 0 saturated carbocycles. The standard InChI is InChI=1S/C13H17N3O2S/c1-10-8-14-15-13(10)16-19(17,18)9-11(2)12-6-4-3-5-7-12/h3-8,11H,9H2,1-2H3,(H2,14,15,16). The lowest BCUT2D eigenvalue weighted by Gasteiger charge is -2.13. The topological polar surface area (TPSA) is 74.8 Å². The predicted octanol–water partition coefficient (Wildman–Crippen LogP) is 2.26. The molecule has 0 aliphatic rings. The first-order valence-corrected chi connectivity index (χ1v) is 7.68. The van der Waals surface area contributed by atoms with Gasteiger partial charge in [-0.25, -0.2) is 8.42 Å². The van der Waals surface area contributed by atoms with Crippen LogP contribution < -0.4 is 4.72 Å². The van der Waals surface area contributed by atoms with E-state index in [9.17, 15) is 8.42 Å². The number of rotatable bonds is 5. The van der Waals surface area contributed by atoms with Crippen molar-refractivity contribution in [2.24, 2.45) is 0 Å². The smallest absolute Gasteiger partial charge is 0.234 e. The Morgan fingerprint density at radius 1 is 1.32 bits per heavy atom. The molecule has 2 N–H and O–H groups in total. The van der Waals surface area contributed by atoms with Gasteiger partial charge in [0.25, 0.3) is 0 Å². The Kier molecular flexibility index (Phi) is 3.90. The van der Waals surface area contributed by atoms with Crippen molar-refractivity contribution in [2.75, 3.05) is 10.5 Å². The fraction of sp³-hybridized carbons (Fsp3) is 0.308. The summed E-state index contributed by atoms with van der Waals surface area (Å²) in [5.41, 5.74) is 1.78. The number of aromatic amines is 1. The molecule has 0 fully saturated rings. The number of hydrogen-bond acceptors (Lipinski definition) is 3. The van der Waals surface area contributed by atoms with E-state index in [1.165, 1.54) is 0 Å². The zero-order valence-corrected chi connectivity index (χ0v) is 11.7. The molecule has 0 aliphatic heterocycles. The van der Waals surface area contributed by atoms with Crippen LogP contribution in [-0.4, -0.2) is 24.4 Å². The van der Waals surface area contributed by atoms with Gasteiger partial charge >= 0.3 is 0 Å². The fourth-order valence-corrected chi connectivity index (χ4v) is 3.31. The number of sulfonamides is 1. The van der Waals surface area contributed by atoms with Crippen LogP contribution in [-0.2, 0) is 10.0 Å². The van der Waals surface area contributed by atoms with E-state index in [2.05, 4.69) is 14.9 Å². The molecule has 19 heavy (non-hydrogen) atoms. The molecular weight excluding hydrogens is 262 g/mol. The van der Waals surface area contributed by atoms with Crippen LogP contribution in [0.3, 0.4) is 0 Å². The zero-order chi connectivity index (χ0) is 13.9. The van der Waals surface area contributed by atoms with Crippen LogP contribution in [0.1, 0.15) is 24.0 Å². The molecule has 1 unspecified atom stereocenters. The van der Waals surface area contributed by atoms with E-state index in [0.717, 1.165) is 11.1 Å². The molecule has 0 radical (unpaired) electrons. The van der Waals surface area contributed by atoms with E-state index in [0.29, 0.717) is 5.82 Å². The van der Waals surface area contributed by atoms with Gasteiger partial charge in [-0.2, -0.15) is 5.10 Å². The van der Waals surface area contributed by atoms with Gasteiger partial charge in [0, 0.05) is 5.56 Å². The highest BCUT2D eigenvalue weighted by Gasteiger charge is 2.18. The number of aryl methyl sites for hydroxylation is 1. The van der Waals surface area contributed by atoms with Gasteiger partial charge in [-0.15, -0.1) is 0 Å². The molecule has 0 spiro atoms. The first kappa shape index (κ1) is 13.6. The summed E-state index contributed by atoms with van der Waals surface area (Å²) in [5.74, 6) is 0.400. The van der Waals surface area contributed by atoms with Crippen LogP contribution in [0.25, 0.3) is 0 Å². The highest BCUT2D eigenvalue weighted by atomic mass is 32.2. The average Bonchev–Trinajstić information content (AvgIpc) is 2.75. The van der Waals surface area contributed by atoms with Crippen LogP contribution in [0, 0.1) is 6.92 Å². The summed E-state index contributed by atoms with van der Waals surface area (Å²) in [6.45, 7) is 3.69. The Hall–Kier alpha value is -1.82. The van der Waals surface area contributed by atoms with Crippen molar-refractivity contribution in [3.63, 3.8) is 0 Å². The van der Waals surface area contributed by atoms with Crippen molar-refractivity contribution in [3.8, 4) is 0 Å². The second-order valence-electron chi connectivity index (χ2n) is 4.62. The number of anilines is 1. The summed E-state index contributed by atoms with van der Waals surface area (Å²) >= 11 is 0. The molecular formula is C13H17N3O2S. The number of aromatic nitrogens is 2. The molecule has 1 heterocycles. The third-order valence-electron chi connectivity index (χ3n) is 2.92. The quantitative estimate of drug-likeness (QED) is 0.881. The summed E-state index contributed by atoms with van der Waals surface area (Å²) < 4.78 is 26.7. The van der Waals surface area contributed by atoms with Gasteiger partial charge in [0.05, 0.1) is 11.9 Å². The van der Waals surface area contributed by atoms with E-state index < -0.39 is 10.0 Å². The van der Waals surface area contributed by atoms with Crippen LogP contribution in [0.4, 0.5) is 5.82 Å². The average molecular weight is 279 g/mol. The summed E-state index contributed by atoms with van der Waals surface area (Å²) in [7, 11) is -3.40. The van der Waals surface area contributed by atoms with Gasteiger partial charge in [-0.05, 0) is 18.4 Å². The largest absolute Gasteiger partial charge is 0.267 e. The van der Waals surface area contributed by atoms with Crippen LogP contribution in [0.15, 0.2) is 36.5 Å². The van der Waals surface area contributed by atoms with Crippen LogP contribution in [0.5, 0.6) is 0 Å². The van der Waals surface area contributed by atoms with Crippen molar-refractivity contribution in [1.29, 1.82) is 0 Å². The lowest BCUT2D eigenvalue weighted by Crippen LogP contribution is -2.21. The minimum Gasteiger partial charge on any atom is -0.267 e. The highest BCUT2D eigenvalue weighted by Crippen LogP contribution is 2.18. The molecule has 2 rings (SSSR count). The van der Waals surface area contributed by atoms with Crippen molar-refractivity contribution < 1.29 is 8.42 Å². The molecule has 6 heteroatoms. The van der Waals surface area contributed by atoms with Crippen LogP contribution in [0.2, 0.25) is 0 Å². The number of H-pyrrole nitrogens is 1. The van der Waals surface area contributed by atoms with E-state index >= 15 is 0 Å². The summed E-state index contributed by atoms with van der Waals surface area (Å²) in [4.78, 5) is 0. The van der Waals surface area contributed by atoms with Gasteiger partial charge < -0.3 is 0 Å². The SMILES string of the molecule is Cc1cn[nH]c1NS(=O)(=O)CC(C)c1ccccc1. The van der Waals surface area contributed by atoms with E-state index in [-0.39, 0.29) is 11.7 Å². The molecule has 102 valence electrons. The van der Waals surface area contributed by atoms with Gasteiger partial charge in [0.2, 0.25) is 10.0 Å². The maximum Gasteiger partial charge on any atom is 0.234 e. The Balaban J connectivity index is 2.08. The summed E-state index contributed by atoms with van der Waals surface area (Å²) in [6, 6.07) is 9.59. The van der Waals surface area contributed by atoms with Crippen molar-refractivity contribution in [2.45, 2.75) is 19.8 Å². The third kappa shape index (κ3) is 3.57. The molecule has 2 aromatic rings. The number of benzene rings is 1. The monoisotopic (exact) mass is 279 g/mol. The van der Waals surface area contributed by atoms with Crippen molar-refractivity contribution in [1.82, 2.24) is 10.2 Å². The first-order chi connectivity index (χ1) is 8.98. The number of nitrogens with one attached hydrogen (secondary N) is 2. The molecule has 5 nitrogen and oxygen atoms in total. The van der Waals surface area contributed by atoms with Crippen molar-refractivity contribution >= 4 is 15.8 Å².